The SMILES string of the molecule is CC(C)(C)c1ccc(C(=O)N[C@@H](Cc2ccc(-c3ncc(-c4ccc(OCC5CC5)cc4)cn3)cc2)C(=O)NCCC(=O)O)cc1.CC(C)COc1ccc(-c2cnc(-c3ccc(C[C@H](NC(=O)c4ccc(C(C)(C)C)cc4)C(=O)NCCC(=O)O)cc3)nc2)cc1.CCCCCCCCc1ccc(-c2cnc(-c3ccc(C[C@H](NC(=O)c4ccc(C(C)(C)C)cc4)C(=O)NCCC(=O)O)cc3)nc2)cc1. The number of hydrogen-bond donors (Lipinski definition) is 9. The highest BCUT2D eigenvalue weighted by atomic mass is 16.5. The Hall–Kier alpha value is -15.0. The van der Waals surface area contributed by atoms with Crippen LogP contribution in [0.1, 0.15) is 224 Å². The minimum absolute atomic E-state index is 0.0313. The highest BCUT2D eigenvalue weighted by molar-refractivity contribution is 6.00. The molecule has 0 bridgehead atoms. The first-order valence-corrected chi connectivity index (χ1v) is 48.5. The van der Waals surface area contributed by atoms with Crippen molar-refractivity contribution in [2.24, 2.45) is 11.8 Å². The van der Waals surface area contributed by atoms with E-state index in [1.165, 1.54) is 56.9 Å². The zero-order valence-corrected chi connectivity index (χ0v) is 82.8. The number of nitrogens with zero attached hydrogens (tertiary/aromatic N) is 6. The minimum Gasteiger partial charge on any atom is -0.493 e. The van der Waals surface area contributed by atoms with Crippen LogP contribution in [-0.2, 0) is 70.7 Å². The highest BCUT2D eigenvalue weighted by Gasteiger charge is 2.29. The van der Waals surface area contributed by atoms with Crippen LogP contribution in [0.3, 0.4) is 0 Å². The lowest BCUT2D eigenvalue weighted by Gasteiger charge is -2.20. The van der Waals surface area contributed by atoms with Gasteiger partial charge in [0.1, 0.15) is 29.6 Å². The lowest BCUT2D eigenvalue weighted by molar-refractivity contribution is -0.138. The molecule has 0 spiro atoms. The van der Waals surface area contributed by atoms with E-state index in [0.29, 0.717) is 52.6 Å². The van der Waals surface area contributed by atoms with Crippen LogP contribution in [0, 0.1) is 11.8 Å². The number of hydrogen-bond acceptors (Lipinski definition) is 17. The first kappa shape index (κ1) is 106. The number of carboxylic acids is 3. The molecule has 13 rings (SSSR count). The van der Waals surface area contributed by atoms with Crippen LogP contribution in [0.25, 0.3) is 67.5 Å². The smallest absolute Gasteiger partial charge is 0.305 e. The van der Waals surface area contributed by atoms with Crippen molar-refractivity contribution in [2.75, 3.05) is 32.8 Å². The van der Waals surface area contributed by atoms with Gasteiger partial charge < -0.3 is 56.7 Å². The lowest BCUT2D eigenvalue weighted by atomic mass is 9.86. The predicted octanol–water partition coefficient (Wildman–Crippen LogP) is 19.8. The average molecular weight is 1910 g/mol. The fourth-order valence-electron chi connectivity index (χ4n) is 15.1. The van der Waals surface area contributed by atoms with Gasteiger partial charge in [-0.25, -0.2) is 29.9 Å². The van der Waals surface area contributed by atoms with Gasteiger partial charge in [0, 0.05) is 126 Å². The number of unbranched alkanes of at least 4 members (excludes halogenated alkanes) is 5. The third-order valence-corrected chi connectivity index (χ3v) is 24.0. The normalized spacial score (nSPS) is 12.4. The van der Waals surface area contributed by atoms with Crippen molar-refractivity contribution in [3.05, 3.63) is 311 Å². The molecule has 9 aromatic carbocycles. The molecule has 9 N–H and O–H groups in total. The summed E-state index contributed by atoms with van der Waals surface area (Å²) in [5, 5.41) is 43.4. The topological polar surface area (TPSA) is 382 Å². The molecule has 1 saturated carbocycles. The molecule has 12 aromatic rings. The number of amides is 6. The van der Waals surface area contributed by atoms with Crippen LogP contribution in [0.15, 0.2) is 256 Å². The second-order valence-electron chi connectivity index (χ2n) is 39.2. The number of carbonyl (C=O) groups excluding carboxylic acids is 6. The molecule has 26 nitrogen and oxygen atoms in total. The summed E-state index contributed by atoms with van der Waals surface area (Å²) in [5.41, 5.74) is 16.4. The fourth-order valence-corrected chi connectivity index (χ4v) is 15.1. The van der Waals surface area contributed by atoms with Crippen molar-refractivity contribution >= 4 is 53.4 Å². The van der Waals surface area contributed by atoms with Crippen LogP contribution in [-0.4, -0.2) is 150 Å². The maximum atomic E-state index is 13.2. The Morgan fingerprint density at radius 3 is 0.879 bits per heavy atom. The molecular weight excluding hydrogens is 1770 g/mol. The van der Waals surface area contributed by atoms with E-state index in [-0.39, 0.29) is 92.1 Å². The highest BCUT2D eigenvalue weighted by Crippen LogP contribution is 2.33. The summed E-state index contributed by atoms with van der Waals surface area (Å²) < 4.78 is 11.6. The molecule has 0 radical (unpaired) electrons. The number of aryl methyl sites for hydroxylation is 1. The van der Waals surface area contributed by atoms with Gasteiger partial charge in [0.2, 0.25) is 17.7 Å². The van der Waals surface area contributed by atoms with E-state index in [1.807, 2.05) is 170 Å². The summed E-state index contributed by atoms with van der Waals surface area (Å²) >= 11 is 0. The summed E-state index contributed by atoms with van der Waals surface area (Å²) in [7, 11) is 0. The molecule has 3 heterocycles. The molecule has 0 saturated heterocycles. The maximum absolute atomic E-state index is 13.2. The van der Waals surface area contributed by atoms with E-state index in [0.717, 1.165) is 108 Å². The number of ether oxygens (including phenoxy) is 2. The molecular formula is C115H132N12O14. The number of rotatable bonds is 43. The number of carbonyl (C=O) groups is 9. The monoisotopic (exact) mass is 1900 g/mol. The number of carboxylic acid groups (broad SMARTS) is 3. The van der Waals surface area contributed by atoms with Crippen LogP contribution in [0.2, 0.25) is 0 Å². The first-order valence-electron chi connectivity index (χ1n) is 48.5. The molecule has 1 aliphatic carbocycles. The molecule has 3 atom stereocenters. The molecule has 6 amide bonds. The lowest BCUT2D eigenvalue weighted by Crippen LogP contribution is -2.48. The Morgan fingerprint density at radius 1 is 0.333 bits per heavy atom. The zero-order valence-electron chi connectivity index (χ0n) is 82.8. The Bertz CT molecular complexity index is 5840. The van der Waals surface area contributed by atoms with Crippen molar-refractivity contribution in [3.8, 4) is 79.0 Å². The number of aromatic nitrogens is 6. The number of aliphatic carboxylic acids is 3. The molecule has 0 unspecified atom stereocenters. The van der Waals surface area contributed by atoms with E-state index >= 15 is 0 Å². The summed E-state index contributed by atoms with van der Waals surface area (Å²) in [4.78, 5) is 139. The Labute approximate surface area is 827 Å². The third kappa shape index (κ3) is 34.6. The van der Waals surface area contributed by atoms with Gasteiger partial charge in [-0.1, -0.05) is 273 Å². The zero-order chi connectivity index (χ0) is 101. The van der Waals surface area contributed by atoms with Crippen LogP contribution in [0.4, 0.5) is 0 Å². The standard InChI is InChI=1S/C41H50N4O4.C37H40N4O5.C37H42N4O5/c1-5-6-7-8-9-10-11-29-12-16-31(17-13-29)34-27-43-38(44-28-34)32-18-14-30(15-19-32)26-36(40(49)42-25-24-37(46)47)45-39(48)33-20-22-35(23-21-33)41(2,3)4;1-37(2,3)30-14-10-28(11-15-30)35(44)41-32(36(45)38-19-18-33(42)43)20-24-6-8-27(9-7-24)34-39-21-29(22-40-34)26-12-16-31(17-13-26)46-23-25-4-5-25;1-24(2)23-46-31-16-12-26(13-17-31)29-21-39-34(40-22-29)27-8-6-25(7-9-27)20-32(36(45)38-19-18-33(42)43)41-35(44)28-10-14-30(15-11-28)37(3,4)5/h12-23,27-28,36H,5-11,24-26H2,1-4H3,(H,42,49)(H,45,48)(H,46,47);6-17,21-22,25,32H,4-5,18-20,23H2,1-3H3,(H,38,45)(H,41,44)(H,42,43);6-17,21-22,24,32H,18-20,23H2,1-5H3,(H,38,45)(H,41,44)(H,42,43)/t36-;2*32-/m000/s1. The van der Waals surface area contributed by atoms with E-state index in [2.05, 4.69) is 169 Å². The molecule has 0 aliphatic heterocycles. The van der Waals surface area contributed by atoms with Gasteiger partial charge in [0.15, 0.2) is 17.5 Å². The fraction of sp³-hybridized carbons (Fsp3) is 0.348. The molecule has 736 valence electrons. The third-order valence-electron chi connectivity index (χ3n) is 24.0. The Balaban J connectivity index is 0.000000202. The van der Waals surface area contributed by atoms with Gasteiger partial charge in [-0.2, -0.15) is 0 Å². The van der Waals surface area contributed by atoms with Gasteiger partial charge in [-0.15, -0.1) is 0 Å². The largest absolute Gasteiger partial charge is 0.493 e. The summed E-state index contributed by atoms with van der Waals surface area (Å²) in [6, 6.07) is 66.2. The van der Waals surface area contributed by atoms with Gasteiger partial charge >= 0.3 is 17.9 Å². The predicted molar refractivity (Wildman–Crippen MR) is 550 cm³/mol. The average Bonchev–Trinajstić information content (AvgIpc) is 1.80. The number of nitrogens with one attached hydrogen (secondary N) is 6. The van der Waals surface area contributed by atoms with Crippen LogP contribution >= 0.6 is 0 Å². The molecule has 141 heavy (non-hydrogen) atoms. The Kier molecular flexibility index (Phi) is 39.0. The summed E-state index contributed by atoms with van der Waals surface area (Å²) in [5.74, 6) is -0.997. The van der Waals surface area contributed by atoms with Crippen molar-refractivity contribution in [3.63, 3.8) is 0 Å². The molecule has 26 heteroatoms. The quantitative estimate of drug-likeness (QED) is 0.0160. The van der Waals surface area contributed by atoms with Crippen molar-refractivity contribution < 1.29 is 67.9 Å². The van der Waals surface area contributed by atoms with E-state index in [1.54, 1.807) is 61.2 Å². The van der Waals surface area contributed by atoms with Crippen molar-refractivity contribution in [1.29, 1.82) is 0 Å². The van der Waals surface area contributed by atoms with Gasteiger partial charge in [-0.05, 0) is 170 Å². The van der Waals surface area contributed by atoms with Crippen molar-refractivity contribution in [2.45, 2.75) is 214 Å². The maximum Gasteiger partial charge on any atom is 0.305 e. The molecule has 1 aliphatic rings. The van der Waals surface area contributed by atoms with E-state index in [4.69, 9.17) is 24.8 Å². The van der Waals surface area contributed by atoms with Gasteiger partial charge in [0.25, 0.3) is 17.7 Å². The van der Waals surface area contributed by atoms with Gasteiger partial charge in [0.05, 0.1) is 32.5 Å². The van der Waals surface area contributed by atoms with Crippen LogP contribution < -0.4 is 41.4 Å². The molecule has 3 aromatic heterocycles. The first-order chi connectivity index (χ1) is 67.5. The minimum atomic E-state index is -1.02. The van der Waals surface area contributed by atoms with E-state index < -0.39 is 53.8 Å². The summed E-state index contributed by atoms with van der Waals surface area (Å²) in [6.45, 7) is 26.7. The number of benzene rings is 9. The second-order valence-corrected chi connectivity index (χ2v) is 39.2. The molecule has 1 fully saturated rings. The van der Waals surface area contributed by atoms with Crippen molar-refractivity contribution in [1.82, 2.24) is 61.8 Å². The van der Waals surface area contributed by atoms with Gasteiger partial charge in [-0.3, -0.25) is 43.2 Å². The Morgan fingerprint density at radius 2 is 0.603 bits per heavy atom. The second kappa shape index (κ2) is 51.6. The van der Waals surface area contributed by atoms with E-state index in [9.17, 15) is 43.2 Å². The summed E-state index contributed by atoms with van der Waals surface area (Å²) in [6.07, 6.45) is 22.2. The van der Waals surface area contributed by atoms with Crippen LogP contribution in [0.5, 0.6) is 11.5 Å².